The molecule has 2 saturated heterocycles. The monoisotopic (exact) mass is 326 g/mol. The van der Waals surface area contributed by atoms with Gasteiger partial charge in [-0.1, -0.05) is 0 Å². The zero-order valence-corrected chi connectivity index (χ0v) is 13.3. The summed E-state index contributed by atoms with van der Waals surface area (Å²) < 4.78 is 13.0. The van der Waals surface area contributed by atoms with E-state index in [2.05, 4.69) is 35.8 Å². The Morgan fingerprint density at radius 1 is 0.875 bits per heavy atom. The van der Waals surface area contributed by atoms with E-state index in [0.717, 1.165) is 32.0 Å². The van der Waals surface area contributed by atoms with Crippen molar-refractivity contribution in [2.45, 2.75) is 18.8 Å². The van der Waals surface area contributed by atoms with E-state index in [1.165, 1.54) is 30.9 Å². The van der Waals surface area contributed by atoms with Gasteiger partial charge in [-0.2, -0.15) is 0 Å². The SMILES string of the molecule is Fc1cnc(N2CC3CN(c4cc(C5CC5)ncn4)CC3C2)nc1. The van der Waals surface area contributed by atoms with Gasteiger partial charge in [-0.3, -0.25) is 0 Å². The molecule has 1 saturated carbocycles. The van der Waals surface area contributed by atoms with Crippen LogP contribution in [0.25, 0.3) is 0 Å². The van der Waals surface area contributed by atoms with E-state index in [0.29, 0.717) is 23.7 Å². The highest BCUT2D eigenvalue weighted by Gasteiger charge is 2.41. The van der Waals surface area contributed by atoms with Gasteiger partial charge in [0.25, 0.3) is 0 Å². The molecule has 3 fully saturated rings. The molecule has 124 valence electrons. The van der Waals surface area contributed by atoms with Gasteiger partial charge in [0, 0.05) is 55.7 Å². The molecular formula is C17H19FN6. The van der Waals surface area contributed by atoms with Gasteiger partial charge in [-0.15, -0.1) is 0 Å². The van der Waals surface area contributed by atoms with Crippen LogP contribution < -0.4 is 9.80 Å². The Labute approximate surface area is 139 Å². The van der Waals surface area contributed by atoms with Crippen LogP contribution in [-0.2, 0) is 0 Å². The summed E-state index contributed by atoms with van der Waals surface area (Å²) in [5.74, 6) is 3.12. The molecule has 4 heterocycles. The fourth-order valence-corrected chi connectivity index (χ4v) is 3.95. The number of fused-ring (bicyclic) bond motifs is 1. The third-order valence-electron chi connectivity index (χ3n) is 5.37. The smallest absolute Gasteiger partial charge is 0.225 e. The maximum Gasteiger partial charge on any atom is 0.225 e. The Bertz CT molecular complexity index is 733. The Kier molecular flexibility index (Phi) is 3.14. The Hall–Kier alpha value is -2.31. The van der Waals surface area contributed by atoms with Gasteiger partial charge >= 0.3 is 0 Å². The van der Waals surface area contributed by atoms with Crippen molar-refractivity contribution >= 4 is 11.8 Å². The van der Waals surface area contributed by atoms with E-state index in [4.69, 9.17) is 0 Å². The minimum absolute atomic E-state index is 0.389. The minimum Gasteiger partial charge on any atom is -0.356 e. The van der Waals surface area contributed by atoms with Crippen molar-refractivity contribution in [3.63, 3.8) is 0 Å². The summed E-state index contributed by atoms with van der Waals surface area (Å²) >= 11 is 0. The van der Waals surface area contributed by atoms with Crippen molar-refractivity contribution in [3.05, 3.63) is 36.3 Å². The van der Waals surface area contributed by atoms with Crippen LogP contribution in [0.2, 0.25) is 0 Å². The first-order valence-electron chi connectivity index (χ1n) is 8.55. The highest BCUT2D eigenvalue weighted by molar-refractivity contribution is 5.44. The van der Waals surface area contributed by atoms with Gasteiger partial charge in [-0.05, 0) is 12.8 Å². The van der Waals surface area contributed by atoms with Crippen LogP contribution in [0.15, 0.2) is 24.8 Å². The van der Waals surface area contributed by atoms with Crippen LogP contribution in [0, 0.1) is 17.7 Å². The van der Waals surface area contributed by atoms with Gasteiger partial charge in [0.15, 0.2) is 5.82 Å². The third kappa shape index (κ3) is 2.48. The van der Waals surface area contributed by atoms with Crippen molar-refractivity contribution in [2.24, 2.45) is 11.8 Å². The third-order valence-corrected chi connectivity index (χ3v) is 5.37. The first-order chi connectivity index (χ1) is 11.8. The topological polar surface area (TPSA) is 58.0 Å². The normalized spacial score (nSPS) is 26.0. The molecule has 0 N–H and O–H groups in total. The second-order valence-electron chi connectivity index (χ2n) is 7.11. The number of rotatable bonds is 3. The van der Waals surface area contributed by atoms with Crippen molar-refractivity contribution in [1.29, 1.82) is 0 Å². The van der Waals surface area contributed by atoms with E-state index in [1.54, 1.807) is 6.33 Å². The van der Waals surface area contributed by atoms with E-state index < -0.39 is 0 Å². The molecule has 5 rings (SSSR count). The summed E-state index contributed by atoms with van der Waals surface area (Å²) in [4.78, 5) is 21.7. The maximum atomic E-state index is 13.0. The molecule has 0 amide bonds. The first-order valence-corrected chi connectivity index (χ1v) is 8.55. The van der Waals surface area contributed by atoms with Crippen LogP contribution >= 0.6 is 0 Å². The van der Waals surface area contributed by atoms with E-state index in [-0.39, 0.29) is 5.82 Å². The molecule has 2 aromatic heterocycles. The molecule has 24 heavy (non-hydrogen) atoms. The molecule has 2 atom stereocenters. The average molecular weight is 326 g/mol. The number of anilines is 2. The van der Waals surface area contributed by atoms with Crippen molar-refractivity contribution in [3.8, 4) is 0 Å². The summed E-state index contributed by atoms with van der Waals surface area (Å²) in [5.41, 5.74) is 1.19. The molecule has 0 bridgehead atoms. The Morgan fingerprint density at radius 3 is 2.21 bits per heavy atom. The highest BCUT2D eigenvalue weighted by atomic mass is 19.1. The minimum atomic E-state index is -0.389. The molecule has 0 radical (unpaired) electrons. The van der Waals surface area contributed by atoms with Crippen LogP contribution in [-0.4, -0.2) is 46.1 Å². The van der Waals surface area contributed by atoms with Crippen LogP contribution in [0.3, 0.4) is 0 Å². The van der Waals surface area contributed by atoms with Gasteiger partial charge in [0.1, 0.15) is 12.1 Å². The molecule has 0 spiro atoms. The Morgan fingerprint density at radius 2 is 1.54 bits per heavy atom. The molecule has 2 aliphatic heterocycles. The standard InChI is InChI=1S/C17H19FN6/c18-14-4-19-17(20-5-14)24-8-12-6-23(7-13(12)9-24)16-3-15(11-1-2-11)21-10-22-16/h3-5,10-13H,1-2,6-9H2. The quantitative estimate of drug-likeness (QED) is 0.858. The highest BCUT2D eigenvalue weighted by Crippen LogP contribution is 2.40. The lowest BCUT2D eigenvalue weighted by atomic mass is 10.0. The average Bonchev–Trinajstić information content (AvgIpc) is 3.26. The predicted molar refractivity (Wildman–Crippen MR) is 87.4 cm³/mol. The number of aromatic nitrogens is 4. The van der Waals surface area contributed by atoms with Crippen molar-refractivity contribution in [2.75, 3.05) is 36.0 Å². The molecule has 3 aliphatic rings. The predicted octanol–water partition coefficient (Wildman–Crippen LogP) is 1.86. The first kappa shape index (κ1) is 14.1. The van der Waals surface area contributed by atoms with Crippen LogP contribution in [0.1, 0.15) is 24.5 Å². The second kappa shape index (κ2) is 5.36. The number of hydrogen-bond donors (Lipinski definition) is 0. The molecule has 1 aliphatic carbocycles. The summed E-state index contributed by atoms with van der Waals surface area (Å²) in [6, 6.07) is 2.17. The Balaban J connectivity index is 1.28. The second-order valence-corrected chi connectivity index (χ2v) is 7.11. The summed E-state index contributed by atoms with van der Waals surface area (Å²) in [6.07, 6.45) is 6.70. The molecule has 2 unspecified atom stereocenters. The maximum absolute atomic E-state index is 13.0. The zero-order chi connectivity index (χ0) is 16.1. The van der Waals surface area contributed by atoms with Gasteiger partial charge in [-0.25, -0.2) is 24.3 Å². The lowest BCUT2D eigenvalue weighted by Crippen LogP contribution is -2.30. The summed E-state index contributed by atoms with van der Waals surface area (Å²) in [5, 5.41) is 0. The lowest BCUT2D eigenvalue weighted by molar-refractivity contribution is 0.533. The van der Waals surface area contributed by atoms with E-state index in [9.17, 15) is 4.39 Å². The molecular weight excluding hydrogens is 307 g/mol. The molecule has 0 aromatic carbocycles. The van der Waals surface area contributed by atoms with Gasteiger partial charge in [0.05, 0.1) is 12.4 Å². The number of nitrogens with zero attached hydrogens (tertiary/aromatic N) is 6. The van der Waals surface area contributed by atoms with E-state index >= 15 is 0 Å². The molecule has 2 aromatic rings. The number of hydrogen-bond acceptors (Lipinski definition) is 6. The van der Waals surface area contributed by atoms with Crippen LogP contribution in [0.4, 0.5) is 16.2 Å². The van der Waals surface area contributed by atoms with Gasteiger partial charge in [0.2, 0.25) is 5.95 Å². The fourth-order valence-electron chi connectivity index (χ4n) is 3.95. The van der Waals surface area contributed by atoms with Crippen molar-refractivity contribution < 1.29 is 4.39 Å². The van der Waals surface area contributed by atoms with Gasteiger partial charge < -0.3 is 9.80 Å². The van der Waals surface area contributed by atoms with E-state index in [1.807, 2.05) is 0 Å². The molecule has 6 nitrogen and oxygen atoms in total. The summed E-state index contributed by atoms with van der Waals surface area (Å²) in [7, 11) is 0. The summed E-state index contributed by atoms with van der Waals surface area (Å²) in [6.45, 7) is 3.85. The largest absolute Gasteiger partial charge is 0.356 e. The van der Waals surface area contributed by atoms with Crippen molar-refractivity contribution in [1.82, 2.24) is 19.9 Å². The number of halogens is 1. The fraction of sp³-hybridized carbons (Fsp3) is 0.529. The van der Waals surface area contributed by atoms with Crippen LogP contribution in [0.5, 0.6) is 0 Å². The molecule has 7 heteroatoms. The zero-order valence-electron chi connectivity index (χ0n) is 13.3. The lowest BCUT2D eigenvalue weighted by Gasteiger charge is -2.22.